The number of hydrogen-bond acceptors (Lipinski definition) is 5. The van der Waals surface area contributed by atoms with Gasteiger partial charge in [0.2, 0.25) is 10.0 Å². The fourth-order valence-electron chi connectivity index (χ4n) is 3.48. The van der Waals surface area contributed by atoms with Gasteiger partial charge in [-0.1, -0.05) is 11.8 Å². The van der Waals surface area contributed by atoms with Gasteiger partial charge >= 0.3 is 0 Å². The molecule has 1 aromatic carbocycles. The maximum absolute atomic E-state index is 14.7. The minimum atomic E-state index is -3.69. The van der Waals surface area contributed by atoms with E-state index >= 15 is 0 Å². The highest BCUT2D eigenvalue weighted by atomic mass is 32.2. The summed E-state index contributed by atoms with van der Waals surface area (Å²) >= 11 is 1.51. The summed E-state index contributed by atoms with van der Waals surface area (Å²) in [5.41, 5.74) is 0.897. The van der Waals surface area contributed by atoms with E-state index < -0.39 is 16.2 Å². The maximum Gasteiger partial charge on any atom is 0.243 e. The van der Waals surface area contributed by atoms with Crippen molar-refractivity contribution in [1.29, 1.82) is 0 Å². The summed E-state index contributed by atoms with van der Waals surface area (Å²) in [4.78, 5) is 4.46. The number of aromatic nitrogens is 2. The normalized spacial score (nSPS) is 23.2. The van der Waals surface area contributed by atoms with E-state index in [0.29, 0.717) is 31.7 Å². The van der Waals surface area contributed by atoms with Gasteiger partial charge in [0.05, 0.1) is 11.5 Å². The van der Waals surface area contributed by atoms with Crippen LogP contribution in [0.2, 0.25) is 0 Å². The molecule has 0 saturated carbocycles. The van der Waals surface area contributed by atoms with Crippen LogP contribution in [0.25, 0.3) is 0 Å². The number of fused-ring (bicyclic) bond motifs is 1. The number of hydrogen-bond donors (Lipinski definition) is 0. The van der Waals surface area contributed by atoms with Crippen LogP contribution in [-0.2, 0) is 23.5 Å². The number of sulfonamides is 1. The molecule has 1 fully saturated rings. The number of rotatable bonds is 5. The molecule has 1 aromatic heterocycles. The van der Waals surface area contributed by atoms with Crippen molar-refractivity contribution >= 4 is 21.8 Å². The summed E-state index contributed by atoms with van der Waals surface area (Å²) < 4.78 is 49.2. The molecule has 0 bridgehead atoms. The lowest BCUT2D eigenvalue weighted by Crippen LogP contribution is -2.45. The van der Waals surface area contributed by atoms with Crippen molar-refractivity contribution in [3.63, 3.8) is 0 Å². The Morgan fingerprint density at radius 3 is 3.00 bits per heavy atom. The number of nitrogens with zero attached hydrogens (tertiary/aromatic N) is 3. The molecule has 6 nitrogen and oxygen atoms in total. The molecule has 0 unspecified atom stereocenters. The third-order valence-corrected chi connectivity index (χ3v) is 8.25. The van der Waals surface area contributed by atoms with Gasteiger partial charge in [0.25, 0.3) is 0 Å². The Morgan fingerprint density at radius 2 is 2.26 bits per heavy atom. The van der Waals surface area contributed by atoms with Gasteiger partial charge in [0.1, 0.15) is 11.9 Å². The summed E-state index contributed by atoms with van der Waals surface area (Å²) in [6.45, 7) is 0.814. The number of benzene rings is 1. The Kier molecular flexibility index (Phi) is 5.17. The molecule has 0 radical (unpaired) electrons. The first-order valence-electron chi connectivity index (χ1n) is 8.95. The Bertz CT molecular complexity index is 932. The van der Waals surface area contributed by atoms with E-state index in [2.05, 4.69) is 4.98 Å². The van der Waals surface area contributed by atoms with Crippen molar-refractivity contribution in [1.82, 2.24) is 13.9 Å². The van der Waals surface area contributed by atoms with Gasteiger partial charge in [-0.25, -0.2) is 17.8 Å². The molecule has 4 rings (SSSR count). The molecule has 2 aliphatic rings. The summed E-state index contributed by atoms with van der Waals surface area (Å²) in [7, 11) is -1.79. The topological polar surface area (TPSA) is 64.4 Å². The van der Waals surface area contributed by atoms with Crippen molar-refractivity contribution in [2.45, 2.75) is 29.1 Å². The summed E-state index contributed by atoms with van der Waals surface area (Å²) in [5.74, 6) is 1.16. The van der Waals surface area contributed by atoms with Gasteiger partial charge in [-0.15, -0.1) is 0 Å². The second-order valence-electron chi connectivity index (χ2n) is 6.93. The van der Waals surface area contributed by atoms with Gasteiger partial charge in [-0.2, -0.15) is 4.31 Å². The van der Waals surface area contributed by atoms with Crippen molar-refractivity contribution < 1.29 is 17.5 Å². The van der Waals surface area contributed by atoms with Gasteiger partial charge in [-0.05, 0) is 30.2 Å². The monoisotopic (exact) mass is 411 g/mol. The summed E-state index contributed by atoms with van der Waals surface area (Å²) in [5, 5.41) is 0.845. The van der Waals surface area contributed by atoms with E-state index in [9.17, 15) is 12.8 Å². The molecular weight excluding hydrogens is 389 g/mol. The lowest BCUT2D eigenvalue weighted by atomic mass is 9.98. The smallest absolute Gasteiger partial charge is 0.243 e. The zero-order chi connectivity index (χ0) is 19.0. The fraction of sp³-hybridized carbons (Fsp3) is 0.500. The molecule has 146 valence electrons. The SMILES string of the molecule is Cn1ccnc1SC[C@@H]1CCN(S(=O)(=O)c2ccc3c(c2)CCO3)C[C@H]1F. The van der Waals surface area contributed by atoms with Crippen LogP contribution in [-0.4, -0.2) is 53.9 Å². The van der Waals surface area contributed by atoms with E-state index in [4.69, 9.17) is 4.74 Å². The second kappa shape index (κ2) is 7.44. The molecule has 9 heteroatoms. The van der Waals surface area contributed by atoms with Crippen molar-refractivity contribution in [3.05, 3.63) is 36.2 Å². The van der Waals surface area contributed by atoms with Crippen LogP contribution in [0.5, 0.6) is 5.75 Å². The van der Waals surface area contributed by atoms with E-state index in [1.165, 1.54) is 16.1 Å². The van der Waals surface area contributed by atoms with Gasteiger partial charge in [0.15, 0.2) is 5.16 Å². The Labute approximate surface area is 162 Å². The number of thioether (sulfide) groups is 1. The molecule has 0 amide bonds. The highest BCUT2D eigenvalue weighted by Crippen LogP contribution is 2.32. The number of alkyl halides is 1. The molecule has 0 spiro atoms. The van der Waals surface area contributed by atoms with Gasteiger partial charge < -0.3 is 9.30 Å². The van der Waals surface area contributed by atoms with Crippen LogP contribution >= 0.6 is 11.8 Å². The lowest BCUT2D eigenvalue weighted by Gasteiger charge is -2.33. The Hall–Kier alpha value is -1.58. The van der Waals surface area contributed by atoms with Crippen LogP contribution in [0.4, 0.5) is 4.39 Å². The predicted molar refractivity (Wildman–Crippen MR) is 101 cm³/mol. The predicted octanol–water partition coefficient (Wildman–Crippen LogP) is 2.50. The average Bonchev–Trinajstić information content (AvgIpc) is 3.28. The molecular formula is C18H22FN3O3S2. The number of aryl methyl sites for hydroxylation is 1. The van der Waals surface area contributed by atoms with Crippen LogP contribution in [0.1, 0.15) is 12.0 Å². The van der Waals surface area contributed by atoms with Crippen molar-refractivity contribution in [2.24, 2.45) is 13.0 Å². The summed E-state index contributed by atoms with van der Waals surface area (Å²) in [6, 6.07) is 4.90. The number of ether oxygens (including phenoxy) is 1. The molecule has 3 heterocycles. The van der Waals surface area contributed by atoms with Crippen molar-refractivity contribution in [3.8, 4) is 5.75 Å². The van der Waals surface area contributed by atoms with Gasteiger partial charge in [-0.3, -0.25) is 0 Å². The van der Waals surface area contributed by atoms with E-state index in [1.54, 1.807) is 24.4 Å². The first kappa shape index (κ1) is 18.8. The minimum absolute atomic E-state index is 0.0955. The minimum Gasteiger partial charge on any atom is -0.493 e. The molecule has 2 atom stereocenters. The fourth-order valence-corrected chi connectivity index (χ4v) is 6.13. The quantitative estimate of drug-likeness (QED) is 0.708. The molecule has 2 aliphatic heterocycles. The lowest BCUT2D eigenvalue weighted by molar-refractivity contribution is 0.146. The van der Waals surface area contributed by atoms with E-state index in [1.807, 2.05) is 17.8 Å². The molecule has 27 heavy (non-hydrogen) atoms. The van der Waals surface area contributed by atoms with Crippen molar-refractivity contribution in [2.75, 3.05) is 25.4 Å². The maximum atomic E-state index is 14.7. The largest absolute Gasteiger partial charge is 0.493 e. The van der Waals surface area contributed by atoms with Crippen LogP contribution < -0.4 is 4.74 Å². The number of halogens is 1. The third kappa shape index (κ3) is 3.72. The molecule has 0 aliphatic carbocycles. The van der Waals surface area contributed by atoms with E-state index in [0.717, 1.165) is 16.5 Å². The zero-order valence-electron chi connectivity index (χ0n) is 15.0. The Morgan fingerprint density at radius 1 is 1.41 bits per heavy atom. The van der Waals surface area contributed by atoms with Gasteiger partial charge in [0, 0.05) is 50.6 Å². The molecule has 1 saturated heterocycles. The second-order valence-corrected chi connectivity index (χ2v) is 9.85. The summed E-state index contributed by atoms with van der Waals surface area (Å²) in [6.07, 6.45) is 3.60. The highest BCUT2D eigenvalue weighted by molar-refractivity contribution is 7.99. The standard InChI is InChI=1S/C18H22FN3O3S2/c1-21-8-6-20-18(21)26-12-14-4-7-22(11-16(14)19)27(23,24)15-2-3-17-13(10-15)5-9-25-17/h2-3,6,8,10,14,16H,4-5,7,9,11-12H2,1H3/t14-,16+/m0/s1. The molecule has 0 N–H and O–H groups in total. The molecule has 2 aromatic rings. The first-order valence-corrected chi connectivity index (χ1v) is 11.4. The van der Waals surface area contributed by atoms with E-state index in [-0.39, 0.29) is 17.4 Å². The zero-order valence-corrected chi connectivity index (χ0v) is 16.7. The van der Waals surface area contributed by atoms with Crippen LogP contribution in [0, 0.1) is 5.92 Å². The Balaban J connectivity index is 1.42. The van der Waals surface area contributed by atoms with Crippen LogP contribution in [0.3, 0.4) is 0 Å². The number of imidazole rings is 1. The first-order chi connectivity index (χ1) is 12.9. The third-order valence-electron chi connectivity index (χ3n) is 5.14. The van der Waals surface area contributed by atoms with Crippen LogP contribution in [0.15, 0.2) is 40.6 Å². The average molecular weight is 412 g/mol. The number of piperidine rings is 1. The highest BCUT2D eigenvalue weighted by Gasteiger charge is 2.36.